The second-order valence-corrected chi connectivity index (χ2v) is 6.00. The van der Waals surface area contributed by atoms with Crippen LogP contribution in [0, 0.1) is 5.82 Å². The Balaban J connectivity index is 1.72. The van der Waals surface area contributed by atoms with Gasteiger partial charge in [0.1, 0.15) is 5.82 Å². The molecule has 5 heteroatoms. The highest BCUT2D eigenvalue weighted by atomic mass is 35.5. The molecule has 3 nitrogen and oxygen atoms in total. The third-order valence-corrected chi connectivity index (χ3v) is 3.99. The summed E-state index contributed by atoms with van der Waals surface area (Å²) in [4.78, 5) is 14.0. The number of amides is 1. The molecule has 1 N–H and O–H groups in total. The normalized spacial score (nSPS) is 10.6. The first-order valence-corrected chi connectivity index (χ1v) is 7.85. The van der Waals surface area contributed by atoms with Crippen molar-refractivity contribution in [2.75, 3.05) is 23.8 Å². The molecular weight excluding hydrogens is 327 g/mol. The summed E-state index contributed by atoms with van der Waals surface area (Å²) >= 11 is 5.83. The first kappa shape index (κ1) is 16.3. The molecule has 1 amide bonds. The molecule has 0 unspecified atom stereocenters. The van der Waals surface area contributed by atoms with Crippen LogP contribution in [-0.2, 0) is 4.79 Å². The van der Waals surface area contributed by atoms with Crippen LogP contribution in [0.15, 0.2) is 60.7 Å². The van der Waals surface area contributed by atoms with Crippen LogP contribution in [-0.4, -0.2) is 19.5 Å². The molecule has 0 saturated carbocycles. The number of hydrogen-bond donors (Lipinski definition) is 1. The molecule has 0 saturated heterocycles. The van der Waals surface area contributed by atoms with E-state index in [0.29, 0.717) is 5.02 Å². The molecule has 0 atom stereocenters. The summed E-state index contributed by atoms with van der Waals surface area (Å²) in [6.07, 6.45) is 0. The van der Waals surface area contributed by atoms with Gasteiger partial charge in [0.2, 0.25) is 5.91 Å². The van der Waals surface area contributed by atoms with Crippen molar-refractivity contribution in [3.8, 4) is 0 Å². The molecule has 0 spiro atoms. The quantitative estimate of drug-likeness (QED) is 0.745. The van der Waals surface area contributed by atoms with Gasteiger partial charge in [-0.15, -0.1) is 0 Å². The number of benzene rings is 3. The Morgan fingerprint density at radius 3 is 2.62 bits per heavy atom. The fourth-order valence-electron chi connectivity index (χ4n) is 2.50. The van der Waals surface area contributed by atoms with Gasteiger partial charge in [0, 0.05) is 17.8 Å². The van der Waals surface area contributed by atoms with Crippen LogP contribution < -0.4 is 10.2 Å². The average molecular weight is 343 g/mol. The molecule has 24 heavy (non-hydrogen) atoms. The first-order chi connectivity index (χ1) is 11.5. The molecule has 0 aliphatic heterocycles. The first-order valence-electron chi connectivity index (χ1n) is 7.48. The number of anilines is 2. The highest BCUT2D eigenvalue weighted by molar-refractivity contribution is 6.30. The molecule has 3 rings (SSSR count). The zero-order valence-electron chi connectivity index (χ0n) is 13.1. The van der Waals surface area contributed by atoms with Gasteiger partial charge in [-0.1, -0.05) is 41.9 Å². The Bertz CT molecular complexity index is 897. The summed E-state index contributed by atoms with van der Waals surface area (Å²) in [6.45, 7) is 0.101. The van der Waals surface area contributed by atoms with Gasteiger partial charge in [-0.25, -0.2) is 4.39 Å². The smallest absolute Gasteiger partial charge is 0.243 e. The number of fused-ring (bicyclic) bond motifs is 1. The Kier molecular flexibility index (Phi) is 4.67. The maximum atomic E-state index is 13.7. The van der Waals surface area contributed by atoms with E-state index < -0.39 is 5.82 Å². The van der Waals surface area contributed by atoms with Crippen LogP contribution in [0.25, 0.3) is 10.8 Å². The minimum atomic E-state index is -0.513. The van der Waals surface area contributed by atoms with Crippen LogP contribution in [0.3, 0.4) is 0 Å². The molecule has 0 radical (unpaired) electrons. The zero-order chi connectivity index (χ0) is 17.1. The van der Waals surface area contributed by atoms with E-state index in [9.17, 15) is 9.18 Å². The second kappa shape index (κ2) is 6.89. The van der Waals surface area contributed by atoms with E-state index in [2.05, 4.69) is 5.32 Å². The van der Waals surface area contributed by atoms with Gasteiger partial charge in [-0.2, -0.15) is 0 Å². The van der Waals surface area contributed by atoms with Crippen molar-refractivity contribution >= 4 is 39.7 Å². The van der Waals surface area contributed by atoms with Gasteiger partial charge in [0.25, 0.3) is 0 Å². The number of halogens is 2. The summed E-state index contributed by atoms with van der Waals surface area (Å²) in [5.74, 6) is -0.826. The lowest BCUT2D eigenvalue weighted by Crippen LogP contribution is -2.30. The standard InChI is InChI=1S/C19H16ClFN2O/c1-23(16-8-6-13-4-2-3-5-14(13)10-16)12-19(24)22-18-11-15(20)7-9-17(18)21/h2-11H,12H2,1H3,(H,22,24). The number of likely N-dealkylation sites (N-methyl/N-ethyl adjacent to an activating group) is 1. The molecule has 122 valence electrons. The summed E-state index contributed by atoms with van der Waals surface area (Å²) in [5, 5.41) is 5.16. The lowest BCUT2D eigenvalue weighted by Gasteiger charge is -2.19. The summed E-state index contributed by atoms with van der Waals surface area (Å²) in [5.41, 5.74) is 0.995. The number of nitrogens with one attached hydrogen (secondary N) is 1. The van der Waals surface area contributed by atoms with Crippen LogP contribution in [0.5, 0.6) is 0 Å². The van der Waals surface area contributed by atoms with Gasteiger partial charge in [0.15, 0.2) is 0 Å². The molecule has 0 aliphatic rings. The molecule has 0 bridgehead atoms. The van der Waals surface area contributed by atoms with Gasteiger partial charge < -0.3 is 10.2 Å². The van der Waals surface area contributed by atoms with Crippen molar-refractivity contribution in [3.05, 3.63) is 71.5 Å². The number of hydrogen-bond acceptors (Lipinski definition) is 2. The van der Waals surface area contributed by atoms with Crippen molar-refractivity contribution in [2.24, 2.45) is 0 Å². The molecule has 0 aromatic heterocycles. The van der Waals surface area contributed by atoms with E-state index in [1.165, 1.54) is 18.2 Å². The molecule has 0 heterocycles. The van der Waals surface area contributed by atoms with E-state index in [1.807, 2.05) is 54.4 Å². The van der Waals surface area contributed by atoms with E-state index in [4.69, 9.17) is 11.6 Å². The highest BCUT2D eigenvalue weighted by Crippen LogP contribution is 2.22. The highest BCUT2D eigenvalue weighted by Gasteiger charge is 2.11. The predicted octanol–water partition coefficient (Wildman–Crippen LogP) is 4.71. The van der Waals surface area contributed by atoms with Gasteiger partial charge >= 0.3 is 0 Å². The van der Waals surface area contributed by atoms with Crippen molar-refractivity contribution in [3.63, 3.8) is 0 Å². The van der Waals surface area contributed by atoms with Crippen molar-refractivity contribution in [1.29, 1.82) is 0 Å². The Labute approximate surface area is 144 Å². The maximum Gasteiger partial charge on any atom is 0.243 e. The van der Waals surface area contributed by atoms with Crippen LogP contribution in [0.2, 0.25) is 5.02 Å². The number of carbonyl (C=O) groups is 1. The van der Waals surface area contributed by atoms with Crippen molar-refractivity contribution in [1.82, 2.24) is 0 Å². The van der Waals surface area contributed by atoms with Gasteiger partial charge in [0.05, 0.1) is 12.2 Å². The van der Waals surface area contributed by atoms with Gasteiger partial charge in [-0.3, -0.25) is 4.79 Å². The Hall–Kier alpha value is -2.59. The monoisotopic (exact) mass is 342 g/mol. The fourth-order valence-corrected chi connectivity index (χ4v) is 2.68. The third kappa shape index (κ3) is 3.66. The van der Waals surface area contributed by atoms with E-state index in [0.717, 1.165) is 16.5 Å². The molecule has 3 aromatic carbocycles. The average Bonchev–Trinajstić information content (AvgIpc) is 2.57. The topological polar surface area (TPSA) is 32.3 Å². The number of nitrogens with zero attached hydrogens (tertiary/aromatic N) is 1. The lowest BCUT2D eigenvalue weighted by atomic mass is 10.1. The van der Waals surface area contributed by atoms with Crippen LogP contribution >= 0.6 is 11.6 Å². The third-order valence-electron chi connectivity index (χ3n) is 3.76. The van der Waals surface area contributed by atoms with E-state index >= 15 is 0 Å². The van der Waals surface area contributed by atoms with Crippen LogP contribution in [0.4, 0.5) is 15.8 Å². The van der Waals surface area contributed by atoms with Crippen molar-refractivity contribution < 1.29 is 9.18 Å². The largest absolute Gasteiger partial charge is 0.365 e. The summed E-state index contributed by atoms with van der Waals surface area (Å²) in [7, 11) is 1.82. The molecule has 0 fully saturated rings. The molecule has 3 aromatic rings. The SMILES string of the molecule is CN(CC(=O)Nc1cc(Cl)ccc1F)c1ccc2ccccc2c1. The van der Waals surface area contributed by atoms with E-state index in [-0.39, 0.29) is 18.1 Å². The number of rotatable bonds is 4. The lowest BCUT2D eigenvalue weighted by molar-refractivity contribution is -0.114. The summed E-state index contributed by atoms with van der Waals surface area (Å²) in [6, 6.07) is 18.1. The fraction of sp³-hybridized carbons (Fsp3) is 0.105. The second-order valence-electron chi connectivity index (χ2n) is 5.56. The van der Waals surface area contributed by atoms with Crippen LogP contribution in [0.1, 0.15) is 0 Å². The minimum absolute atomic E-state index is 0.0828. The molecule has 0 aliphatic carbocycles. The zero-order valence-corrected chi connectivity index (χ0v) is 13.8. The Morgan fingerprint density at radius 2 is 1.83 bits per heavy atom. The van der Waals surface area contributed by atoms with Gasteiger partial charge in [-0.05, 0) is 41.1 Å². The van der Waals surface area contributed by atoms with E-state index in [1.54, 1.807) is 0 Å². The molecular formula is C19H16ClFN2O. The minimum Gasteiger partial charge on any atom is -0.365 e. The predicted molar refractivity (Wildman–Crippen MR) is 97.3 cm³/mol. The maximum absolute atomic E-state index is 13.7. The summed E-state index contributed by atoms with van der Waals surface area (Å²) < 4.78 is 13.7. The number of carbonyl (C=O) groups excluding carboxylic acids is 1. The van der Waals surface area contributed by atoms with Crippen molar-refractivity contribution in [2.45, 2.75) is 0 Å². The Morgan fingerprint density at radius 1 is 1.08 bits per heavy atom.